The summed E-state index contributed by atoms with van der Waals surface area (Å²) in [4.78, 5) is 8.18. The second-order valence-corrected chi connectivity index (χ2v) is 10.9. The van der Waals surface area contributed by atoms with Gasteiger partial charge in [-0.05, 0) is 42.5 Å². The summed E-state index contributed by atoms with van der Waals surface area (Å²) in [7, 11) is -2.50. The van der Waals surface area contributed by atoms with Crippen LogP contribution in [0.5, 0.6) is 0 Å². The lowest BCUT2D eigenvalue weighted by molar-refractivity contribution is -0.291. The van der Waals surface area contributed by atoms with Gasteiger partial charge < -0.3 is 4.57 Å². The Morgan fingerprint density at radius 3 is 2.41 bits per heavy atom. The first-order valence-corrected chi connectivity index (χ1v) is 12.7. The van der Waals surface area contributed by atoms with E-state index in [2.05, 4.69) is 30.4 Å². The van der Waals surface area contributed by atoms with E-state index in [1.807, 2.05) is 6.07 Å². The van der Waals surface area contributed by atoms with E-state index in [-0.39, 0.29) is 33.3 Å². The molecule has 0 bridgehead atoms. The van der Waals surface area contributed by atoms with Crippen molar-refractivity contribution in [1.29, 1.82) is 0 Å². The normalized spacial score (nSPS) is 14.9. The summed E-state index contributed by atoms with van der Waals surface area (Å²) in [6.45, 7) is 1.44. The number of halogens is 5. The van der Waals surface area contributed by atoms with Gasteiger partial charge in [0.25, 0.3) is 0 Å². The molecule has 9 nitrogen and oxygen atoms in total. The summed E-state index contributed by atoms with van der Waals surface area (Å²) in [5, 5.41) is 14.6. The van der Waals surface area contributed by atoms with Gasteiger partial charge in [0.2, 0.25) is 0 Å². The van der Waals surface area contributed by atoms with E-state index in [1.54, 1.807) is 6.20 Å². The third-order valence-electron chi connectivity index (χ3n) is 6.09. The van der Waals surface area contributed by atoms with Crippen molar-refractivity contribution in [2.75, 3.05) is 5.75 Å². The van der Waals surface area contributed by atoms with E-state index < -0.39 is 27.6 Å². The van der Waals surface area contributed by atoms with Crippen molar-refractivity contribution in [2.24, 2.45) is 7.05 Å². The lowest BCUT2D eigenvalue weighted by atomic mass is 10.1. The SMILES string of the molecule is CCS(=O)(=O)c1cc(-c2cc(C3CC3)cnn2)cnc1-c1nc2cc(C(F)(F)C(F)(F)F)nnc2n1C. The minimum Gasteiger partial charge on any atom is -0.309 e. The van der Waals surface area contributed by atoms with Gasteiger partial charge in [0.1, 0.15) is 16.9 Å². The molecule has 5 rings (SSSR count). The molecule has 0 aliphatic heterocycles. The van der Waals surface area contributed by atoms with E-state index in [1.165, 1.54) is 30.8 Å². The Labute approximate surface area is 206 Å². The highest BCUT2D eigenvalue weighted by Gasteiger charge is 2.60. The van der Waals surface area contributed by atoms with Crippen LogP contribution in [-0.2, 0) is 22.8 Å². The van der Waals surface area contributed by atoms with Crippen molar-refractivity contribution in [2.45, 2.75) is 42.7 Å². The number of aromatic nitrogens is 7. The summed E-state index contributed by atoms with van der Waals surface area (Å²) in [6.07, 6.45) is -0.789. The zero-order valence-electron chi connectivity index (χ0n) is 19.3. The van der Waals surface area contributed by atoms with E-state index in [4.69, 9.17) is 0 Å². The second-order valence-electron chi connectivity index (χ2n) is 8.63. The molecule has 4 aromatic heterocycles. The largest absolute Gasteiger partial charge is 0.459 e. The van der Waals surface area contributed by atoms with Crippen molar-refractivity contribution in [3.63, 3.8) is 0 Å². The molecule has 0 saturated heterocycles. The molecule has 1 aliphatic rings. The number of imidazole rings is 1. The zero-order chi connectivity index (χ0) is 26.8. The number of rotatable bonds is 6. The molecule has 15 heteroatoms. The maximum absolute atomic E-state index is 13.8. The summed E-state index contributed by atoms with van der Waals surface area (Å²) in [6, 6.07) is 3.66. The van der Waals surface area contributed by atoms with Crippen LogP contribution < -0.4 is 0 Å². The first-order valence-electron chi connectivity index (χ1n) is 11.0. The molecular weight excluding hydrogens is 521 g/mol. The molecule has 194 valence electrons. The van der Waals surface area contributed by atoms with Gasteiger partial charge in [-0.15, -0.1) is 10.2 Å². The van der Waals surface area contributed by atoms with Gasteiger partial charge in [0.15, 0.2) is 21.3 Å². The smallest absolute Gasteiger partial charge is 0.309 e. The fourth-order valence-corrected chi connectivity index (χ4v) is 4.86. The summed E-state index contributed by atoms with van der Waals surface area (Å²) < 4.78 is 93.3. The Balaban J connectivity index is 1.66. The third kappa shape index (κ3) is 4.30. The quantitative estimate of drug-likeness (QED) is 0.335. The first kappa shape index (κ1) is 25.0. The number of pyridine rings is 1. The molecule has 0 spiro atoms. The number of sulfone groups is 1. The third-order valence-corrected chi connectivity index (χ3v) is 7.84. The number of aryl methyl sites for hydroxylation is 1. The van der Waals surface area contributed by atoms with Crippen LogP contribution in [-0.4, -0.2) is 55.3 Å². The maximum Gasteiger partial charge on any atom is 0.459 e. The Morgan fingerprint density at radius 1 is 1.03 bits per heavy atom. The lowest BCUT2D eigenvalue weighted by Gasteiger charge is -2.17. The van der Waals surface area contributed by atoms with Gasteiger partial charge in [0.05, 0.1) is 22.5 Å². The number of hydrogen-bond donors (Lipinski definition) is 0. The molecule has 0 radical (unpaired) electrons. The van der Waals surface area contributed by atoms with Crippen LogP contribution in [0.15, 0.2) is 35.5 Å². The Kier molecular flexibility index (Phi) is 5.73. The predicted molar refractivity (Wildman–Crippen MR) is 120 cm³/mol. The van der Waals surface area contributed by atoms with Crippen LogP contribution in [0.1, 0.15) is 36.9 Å². The molecule has 4 aromatic rings. The van der Waals surface area contributed by atoms with Crippen LogP contribution in [0, 0.1) is 0 Å². The zero-order valence-corrected chi connectivity index (χ0v) is 20.1. The Bertz CT molecular complexity index is 1630. The number of hydrogen-bond acceptors (Lipinski definition) is 8. The molecule has 0 amide bonds. The molecule has 0 N–H and O–H groups in total. The molecule has 37 heavy (non-hydrogen) atoms. The molecule has 1 aliphatic carbocycles. The van der Waals surface area contributed by atoms with Gasteiger partial charge in [-0.1, -0.05) is 6.92 Å². The van der Waals surface area contributed by atoms with Crippen LogP contribution >= 0.6 is 0 Å². The van der Waals surface area contributed by atoms with Gasteiger partial charge in [-0.2, -0.15) is 32.1 Å². The monoisotopic (exact) mass is 539 g/mol. The Morgan fingerprint density at radius 2 is 1.76 bits per heavy atom. The van der Waals surface area contributed by atoms with Gasteiger partial charge in [0, 0.05) is 18.8 Å². The molecule has 0 aromatic carbocycles. The average Bonchev–Trinajstić information content (AvgIpc) is 3.67. The predicted octanol–water partition coefficient (Wildman–Crippen LogP) is 4.21. The van der Waals surface area contributed by atoms with Crippen molar-refractivity contribution in [1.82, 2.24) is 34.9 Å². The van der Waals surface area contributed by atoms with Crippen molar-refractivity contribution < 1.29 is 30.4 Å². The van der Waals surface area contributed by atoms with Gasteiger partial charge >= 0.3 is 12.1 Å². The molecule has 0 unspecified atom stereocenters. The highest BCUT2D eigenvalue weighted by atomic mass is 32.2. The fraction of sp³-hybridized carbons (Fsp3) is 0.364. The minimum atomic E-state index is -5.88. The Hall–Kier alpha value is -3.62. The van der Waals surface area contributed by atoms with Gasteiger partial charge in [-0.25, -0.2) is 13.4 Å². The minimum absolute atomic E-state index is 0.104. The van der Waals surface area contributed by atoms with E-state index in [0.717, 1.165) is 18.4 Å². The lowest BCUT2D eigenvalue weighted by Crippen LogP contribution is -2.34. The molecule has 1 saturated carbocycles. The average molecular weight is 539 g/mol. The molecular formula is C22H18F5N7O2S. The molecule has 1 fully saturated rings. The van der Waals surface area contributed by atoms with Crippen molar-refractivity contribution in [3.8, 4) is 22.8 Å². The summed E-state index contributed by atoms with van der Waals surface area (Å²) in [5.74, 6) is -5.26. The topological polar surface area (TPSA) is 116 Å². The number of nitrogens with zero attached hydrogens (tertiary/aromatic N) is 7. The van der Waals surface area contributed by atoms with Crippen molar-refractivity contribution in [3.05, 3.63) is 41.9 Å². The van der Waals surface area contributed by atoms with Gasteiger partial charge in [-0.3, -0.25) is 4.98 Å². The van der Waals surface area contributed by atoms with Crippen LogP contribution in [0.4, 0.5) is 22.0 Å². The maximum atomic E-state index is 13.8. The van der Waals surface area contributed by atoms with Crippen molar-refractivity contribution >= 4 is 21.0 Å². The van der Waals surface area contributed by atoms with E-state index >= 15 is 0 Å². The molecule has 4 heterocycles. The highest BCUT2D eigenvalue weighted by Crippen LogP contribution is 2.43. The summed E-state index contributed by atoms with van der Waals surface area (Å²) in [5.41, 5.74) is -0.431. The van der Waals surface area contributed by atoms with Crippen LogP contribution in [0.25, 0.3) is 33.9 Å². The second kappa shape index (κ2) is 8.46. The standard InChI is InChI=1S/C22H18F5N7O2S/c1-3-37(35,36)16-7-13(14-6-12(10-29-31-14)11-4-5-11)9-28-18(16)20-30-15-8-17(21(23,24)22(25,26)27)32-33-19(15)34(20)2/h6-11H,3-5H2,1-2H3. The number of alkyl halides is 5. The fourth-order valence-electron chi connectivity index (χ4n) is 3.80. The first-order chi connectivity index (χ1) is 17.3. The van der Waals surface area contributed by atoms with Crippen LogP contribution in [0.3, 0.4) is 0 Å². The van der Waals surface area contributed by atoms with E-state index in [0.29, 0.717) is 23.2 Å². The highest BCUT2D eigenvalue weighted by molar-refractivity contribution is 7.91. The number of fused-ring (bicyclic) bond motifs is 1. The molecule has 0 atom stereocenters. The van der Waals surface area contributed by atoms with Crippen LogP contribution in [0.2, 0.25) is 0 Å². The van der Waals surface area contributed by atoms with E-state index in [9.17, 15) is 30.4 Å². The summed E-state index contributed by atoms with van der Waals surface area (Å²) >= 11 is 0.